The normalized spacial score (nSPS) is 17.9. The number of carbonyl (C=O) groups is 1. The highest BCUT2D eigenvalue weighted by molar-refractivity contribution is 7.80. The fourth-order valence-electron chi connectivity index (χ4n) is 4.73. The first-order chi connectivity index (χ1) is 16.2. The zero-order valence-corrected chi connectivity index (χ0v) is 21.1. The van der Waals surface area contributed by atoms with E-state index in [0.29, 0.717) is 0 Å². The average Bonchev–Trinajstić information content (AvgIpc) is 3.28. The van der Waals surface area contributed by atoms with Gasteiger partial charge in [-0.25, -0.2) is 4.79 Å². The smallest absolute Gasteiger partial charge is 0.335 e. The average molecular weight is 478 g/mol. The lowest BCUT2D eigenvalue weighted by atomic mass is 9.96. The van der Waals surface area contributed by atoms with E-state index in [4.69, 9.17) is 12.2 Å². The molecule has 0 amide bonds. The van der Waals surface area contributed by atoms with Gasteiger partial charge in [0.15, 0.2) is 5.11 Å². The Balaban J connectivity index is 1.84. The summed E-state index contributed by atoms with van der Waals surface area (Å²) in [6, 6.07) is 13.3. The number of hydrogen-bond donors (Lipinski definition) is 2. The lowest BCUT2D eigenvalue weighted by molar-refractivity contribution is 0.0697. The number of rotatable bonds is 7. The third-order valence-electron chi connectivity index (χ3n) is 6.47. The summed E-state index contributed by atoms with van der Waals surface area (Å²) >= 11 is 5.79. The molecule has 0 unspecified atom stereocenters. The third-order valence-corrected chi connectivity index (χ3v) is 6.82. The summed E-state index contributed by atoms with van der Waals surface area (Å²) in [5.41, 5.74) is 6.37. The van der Waals surface area contributed by atoms with E-state index >= 15 is 0 Å². The molecular formula is C26H31N5O2S. The molecule has 1 aliphatic heterocycles. The van der Waals surface area contributed by atoms with Crippen molar-refractivity contribution in [3.05, 3.63) is 82.4 Å². The van der Waals surface area contributed by atoms with E-state index in [1.807, 2.05) is 37.4 Å². The SMILES string of the molecule is Cc1ccc(C(=O)O)cc1-n1c(C)cc([C@H]2[C@H](c3ccccn3)NC(=S)N2CCN(C)C)c1C. The Morgan fingerprint density at radius 1 is 1.18 bits per heavy atom. The predicted molar refractivity (Wildman–Crippen MR) is 138 cm³/mol. The van der Waals surface area contributed by atoms with Crippen LogP contribution in [0.2, 0.25) is 0 Å². The van der Waals surface area contributed by atoms with Crippen LogP contribution in [0.25, 0.3) is 5.69 Å². The molecule has 0 bridgehead atoms. The first-order valence-corrected chi connectivity index (χ1v) is 11.8. The van der Waals surface area contributed by atoms with E-state index < -0.39 is 5.97 Å². The number of pyridine rings is 1. The van der Waals surface area contributed by atoms with Crippen molar-refractivity contribution in [3.8, 4) is 5.69 Å². The van der Waals surface area contributed by atoms with E-state index in [2.05, 4.69) is 58.7 Å². The van der Waals surface area contributed by atoms with Gasteiger partial charge in [-0.15, -0.1) is 0 Å². The van der Waals surface area contributed by atoms with Crippen LogP contribution in [0, 0.1) is 20.8 Å². The number of nitrogens with one attached hydrogen (secondary N) is 1. The summed E-state index contributed by atoms with van der Waals surface area (Å²) in [4.78, 5) is 20.7. The zero-order chi connectivity index (χ0) is 24.6. The quantitative estimate of drug-likeness (QED) is 0.498. The number of aryl methyl sites for hydroxylation is 2. The topological polar surface area (TPSA) is 73.6 Å². The molecule has 2 N–H and O–H groups in total. The molecule has 3 aromatic rings. The lowest BCUT2D eigenvalue weighted by Crippen LogP contribution is -2.35. The minimum absolute atomic E-state index is 0.0368. The maximum atomic E-state index is 11.6. The first-order valence-electron chi connectivity index (χ1n) is 11.3. The Bertz CT molecular complexity index is 1220. The van der Waals surface area contributed by atoms with Gasteiger partial charge in [0.2, 0.25) is 0 Å². The van der Waals surface area contributed by atoms with Crippen molar-refractivity contribution in [1.29, 1.82) is 0 Å². The Morgan fingerprint density at radius 2 is 1.94 bits per heavy atom. The fraction of sp³-hybridized carbons (Fsp3) is 0.346. The highest BCUT2D eigenvalue weighted by Gasteiger charge is 2.41. The van der Waals surface area contributed by atoms with Crippen LogP contribution in [0.5, 0.6) is 0 Å². The van der Waals surface area contributed by atoms with Gasteiger partial charge in [-0.2, -0.15) is 0 Å². The van der Waals surface area contributed by atoms with Crippen LogP contribution < -0.4 is 5.32 Å². The summed E-state index contributed by atoms with van der Waals surface area (Å²) in [5.74, 6) is -0.931. The van der Waals surface area contributed by atoms with Gasteiger partial charge in [0, 0.05) is 36.4 Å². The number of likely N-dealkylation sites (N-methyl/N-ethyl adjacent to an activating group) is 1. The molecule has 3 heterocycles. The van der Waals surface area contributed by atoms with Gasteiger partial charge in [0.25, 0.3) is 0 Å². The van der Waals surface area contributed by atoms with E-state index in [1.54, 1.807) is 12.1 Å². The zero-order valence-electron chi connectivity index (χ0n) is 20.2. The number of thiocarbonyl (C=S) groups is 1. The Morgan fingerprint density at radius 3 is 2.59 bits per heavy atom. The Labute approximate surface area is 206 Å². The van der Waals surface area contributed by atoms with Crippen molar-refractivity contribution in [2.45, 2.75) is 32.9 Å². The van der Waals surface area contributed by atoms with Crippen LogP contribution in [-0.4, -0.2) is 62.7 Å². The van der Waals surface area contributed by atoms with Crippen LogP contribution in [0.3, 0.4) is 0 Å². The summed E-state index contributed by atoms with van der Waals surface area (Å²) < 4.78 is 2.15. The minimum Gasteiger partial charge on any atom is -0.478 e. The van der Waals surface area contributed by atoms with Crippen LogP contribution >= 0.6 is 12.2 Å². The largest absolute Gasteiger partial charge is 0.478 e. The molecule has 1 aromatic carbocycles. The maximum Gasteiger partial charge on any atom is 0.335 e. The number of nitrogens with zero attached hydrogens (tertiary/aromatic N) is 4. The van der Waals surface area contributed by atoms with Crippen molar-refractivity contribution in [2.75, 3.05) is 27.2 Å². The molecule has 0 saturated carbocycles. The monoisotopic (exact) mass is 477 g/mol. The van der Waals surface area contributed by atoms with Crippen LogP contribution in [0.4, 0.5) is 0 Å². The summed E-state index contributed by atoms with van der Waals surface area (Å²) in [5, 5.41) is 13.8. The molecule has 1 aliphatic rings. The molecule has 2 atom stereocenters. The standard InChI is InChI=1S/C26H31N5O2S/c1-16-9-10-19(25(32)33)15-22(16)31-17(2)14-20(18(31)3)24-23(21-8-6-7-11-27-21)28-26(34)30(24)13-12-29(4)5/h6-11,14-15,23-24H,12-13H2,1-5H3,(H,28,34)(H,32,33)/t23-,24-/m0/s1. The molecular weight excluding hydrogens is 446 g/mol. The van der Waals surface area contributed by atoms with Gasteiger partial charge in [0.1, 0.15) is 0 Å². The second-order valence-electron chi connectivity index (χ2n) is 9.09. The molecule has 7 nitrogen and oxygen atoms in total. The molecule has 0 aliphatic carbocycles. The van der Waals surface area contributed by atoms with Gasteiger partial charge in [0.05, 0.1) is 23.3 Å². The van der Waals surface area contributed by atoms with E-state index in [1.165, 1.54) is 0 Å². The number of aromatic carboxylic acids is 1. The van der Waals surface area contributed by atoms with Crippen molar-refractivity contribution in [2.24, 2.45) is 0 Å². The second-order valence-corrected chi connectivity index (χ2v) is 9.48. The van der Waals surface area contributed by atoms with Crippen LogP contribution in [0.15, 0.2) is 48.7 Å². The highest BCUT2D eigenvalue weighted by Crippen LogP contribution is 2.41. The molecule has 0 radical (unpaired) electrons. The predicted octanol–water partition coefficient (Wildman–Crippen LogP) is 4.03. The van der Waals surface area contributed by atoms with Crippen LogP contribution in [0.1, 0.15) is 50.7 Å². The number of hydrogen-bond acceptors (Lipinski definition) is 4. The van der Waals surface area contributed by atoms with Crippen LogP contribution in [-0.2, 0) is 0 Å². The van der Waals surface area contributed by atoms with Crippen molar-refractivity contribution >= 4 is 23.3 Å². The summed E-state index contributed by atoms with van der Waals surface area (Å²) in [6.07, 6.45) is 1.81. The molecule has 1 fully saturated rings. The third kappa shape index (κ3) is 4.43. The van der Waals surface area contributed by atoms with E-state index in [9.17, 15) is 9.90 Å². The number of carboxylic acids is 1. The molecule has 34 heavy (non-hydrogen) atoms. The Kier molecular flexibility index (Phi) is 6.72. The molecule has 1 saturated heterocycles. The van der Waals surface area contributed by atoms with Crippen molar-refractivity contribution < 1.29 is 9.90 Å². The summed E-state index contributed by atoms with van der Waals surface area (Å²) in [7, 11) is 4.11. The number of benzene rings is 1. The van der Waals surface area contributed by atoms with Gasteiger partial charge < -0.3 is 24.8 Å². The number of carboxylic acid groups (broad SMARTS) is 1. The lowest BCUT2D eigenvalue weighted by Gasteiger charge is -2.29. The van der Waals surface area contributed by atoms with Gasteiger partial charge in [-0.1, -0.05) is 12.1 Å². The van der Waals surface area contributed by atoms with Gasteiger partial charge >= 0.3 is 5.97 Å². The number of aromatic nitrogens is 2. The van der Waals surface area contributed by atoms with Gasteiger partial charge in [-0.05, 0) is 88.5 Å². The minimum atomic E-state index is -0.931. The highest BCUT2D eigenvalue weighted by atomic mass is 32.1. The van der Waals surface area contributed by atoms with E-state index in [-0.39, 0.29) is 17.6 Å². The fourth-order valence-corrected chi connectivity index (χ4v) is 5.07. The molecule has 2 aromatic heterocycles. The second kappa shape index (κ2) is 9.56. The maximum absolute atomic E-state index is 11.6. The van der Waals surface area contributed by atoms with Gasteiger partial charge in [-0.3, -0.25) is 4.98 Å². The first kappa shape index (κ1) is 23.9. The van der Waals surface area contributed by atoms with Crippen molar-refractivity contribution in [1.82, 2.24) is 24.7 Å². The Hall–Kier alpha value is -3.23. The van der Waals surface area contributed by atoms with E-state index in [0.717, 1.165) is 52.1 Å². The molecule has 4 rings (SSSR count). The molecule has 8 heteroatoms. The molecule has 178 valence electrons. The summed E-state index contributed by atoms with van der Waals surface area (Å²) in [6.45, 7) is 7.81. The molecule has 0 spiro atoms. The van der Waals surface area contributed by atoms with Crippen molar-refractivity contribution in [3.63, 3.8) is 0 Å².